The van der Waals surface area contributed by atoms with Crippen molar-refractivity contribution in [2.24, 2.45) is 5.73 Å². The average molecular weight is 230 g/mol. The van der Waals surface area contributed by atoms with Crippen LogP contribution in [-0.2, 0) is 6.54 Å². The minimum atomic E-state index is 0.476. The van der Waals surface area contributed by atoms with Gasteiger partial charge in [0, 0.05) is 24.3 Å². The fourth-order valence-corrected chi connectivity index (χ4v) is 2.34. The summed E-state index contributed by atoms with van der Waals surface area (Å²) >= 11 is 1.58. The van der Waals surface area contributed by atoms with Crippen molar-refractivity contribution in [3.63, 3.8) is 0 Å². The van der Waals surface area contributed by atoms with Crippen molar-refractivity contribution in [2.45, 2.75) is 6.54 Å². The van der Waals surface area contributed by atoms with Crippen LogP contribution in [0.4, 0.5) is 0 Å². The minimum Gasteiger partial charge on any atom is -0.325 e. The number of aromatic nitrogens is 3. The second-order valence-corrected chi connectivity index (χ2v) is 4.30. The van der Waals surface area contributed by atoms with Gasteiger partial charge in [-0.15, -0.1) is 11.3 Å². The van der Waals surface area contributed by atoms with Crippen LogP contribution in [0.25, 0.3) is 16.3 Å². The van der Waals surface area contributed by atoms with Crippen LogP contribution in [0, 0.1) is 0 Å². The molecule has 0 spiro atoms. The number of nitrogens with two attached hydrogens (primary N) is 1. The van der Waals surface area contributed by atoms with E-state index >= 15 is 0 Å². The van der Waals surface area contributed by atoms with Gasteiger partial charge >= 0.3 is 0 Å². The Morgan fingerprint density at radius 1 is 1.31 bits per heavy atom. The first-order valence-electron chi connectivity index (χ1n) is 4.95. The van der Waals surface area contributed by atoms with Crippen LogP contribution in [0.1, 0.15) is 5.69 Å². The van der Waals surface area contributed by atoms with E-state index in [1.165, 1.54) is 0 Å². The Hall–Kier alpha value is -1.72. The first-order valence-corrected chi connectivity index (χ1v) is 5.83. The first kappa shape index (κ1) is 9.50. The molecule has 16 heavy (non-hydrogen) atoms. The summed E-state index contributed by atoms with van der Waals surface area (Å²) in [5.74, 6) is 0. The molecule has 0 aliphatic rings. The number of hydrogen-bond donors (Lipinski definition) is 1. The van der Waals surface area contributed by atoms with Crippen molar-refractivity contribution in [1.82, 2.24) is 14.4 Å². The van der Waals surface area contributed by atoms with Crippen molar-refractivity contribution < 1.29 is 0 Å². The molecule has 5 heteroatoms. The molecule has 0 saturated heterocycles. The normalized spacial score (nSPS) is 11.1. The molecule has 3 rings (SSSR count). The molecule has 0 amide bonds. The Bertz CT molecular complexity index is 592. The zero-order chi connectivity index (χ0) is 11.0. The number of rotatable bonds is 2. The van der Waals surface area contributed by atoms with Gasteiger partial charge in [-0.3, -0.25) is 0 Å². The number of hydrogen-bond acceptors (Lipinski definition) is 4. The standard InChI is InChI=1S/C11H10N4S/c12-5-8-7-16-11(13-8)9-6-15-4-2-1-3-10(15)14-9/h1-4,6-7H,5,12H2. The highest BCUT2D eigenvalue weighted by atomic mass is 32.1. The summed E-state index contributed by atoms with van der Waals surface area (Å²) in [7, 11) is 0. The van der Waals surface area contributed by atoms with E-state index in [9.17, 15) is 0 Å². The van der Waals surface area contributed by atoms with Gasteiger partial charge in [0.25, 0.3) is 0 Å². The van der Waals surface area contributed by atoms with Crippen LogP contribution in [0.15, 0.2) is 36.0 Å². The van der Waals surface area contributed by atoms with Gasteiger partial charge in [0.05, 0.1) is 5.69 Å². The maximum atomic E-state index is 5.53. The van der Waals surface area contributed by atoms with Crippen LogP contribution in [0.2, 0.25) is 0 Å². The van der Waals surface area contributed by atoms with Crippen molar-refractivity contribution in [1.29, 1.82) is 0 Å². The van der Waals surface area contributed by atoms with Crippen molar-refractivity contribution >= 4 is 17.0 Å². The average Bonchev–Trinajstić information content (AvgIpc) is 2.95. The van der Waals surface area contributed by atoms with Crippen molar-refractivity contribution in [3.8, 4) is 10.7 Å². The Morgan fingerprint density at radius 3 is 3.00 bits per heavy atom. The van der Waals surface area contributed by atoms with Gasteiger partial charge in [0.2, 0.25) is 0 Å². The Morgan fingerprint density at radius 2 is 2.25 bits per heavy atom. The van der Waals surface area contributed by atoms with Crippen LogP contribution >= 0.6 is 11.3 Å². The van der Waals surface area contributed by atoms with Gasteiger partial charge in [-0.05, 0) is 12.1 Å². The monoisotopic (exact) mass is 230 g/mol. The lowest BCUT2D eigenvalue weighted by molar-refractivity contribution is 1.01. The molecule has 80 valence electrons. The summed E-state index contributed by atoms with van der Waals surface area (Å²) in [6, 6.07) is 5.92. The number of nitrogens with zero attached hydrogens (tertiary/aromatic N) is 3. The first-order chi connectivity index (χ1) is 7.86. The van der Waals surface area contributed by atoms with E-state index in [0.717, 1.165) is 22.0 Å². The zero-order valence-corrected chi connectivity index (χ0v) is 9.31. The largest absolute Gasteiger partial charge is 0.325 e. The third-order valence-electron chi connectivity index (χ3n) is 2.34. The lowest BCUT2D eigenvalue weighted by Gasteiger charge is -1.86. The smallest absolute Gasteiger partial charge is 0.143 e. The van der Waals surface area contributed by atoms with Gasteiger partial charge in [0.1, 0.15) is 16.3 Å². The number of thiazole rings is 1. The predicted molar refractivity (Wildman–Crippen MR) is 64.2 cm³/mol. The van der Waals surface area contributed by atoms with Gasteiger partial charge < -0.3 is 10.1 Å². The molecule has 0 fully saturated rings. The lowest BCUT2D eigenvalue weighted by Crippen LogP contribution is -1.95. The van der Waals surface area contributed by atoms with E-state index in [1.54, 1.807) is 11.3 Å². The summed E-state index contributed by atoms with van der Waals surface area (Å²) in [6.45, 7) is 0.476. The predicted octanol–water partition coefficient (Wildman–Crippen LogP) is 1.92. The fraction of sp³-hybridized carbons (Fsp3) is 0.0909. The molecule has 0 saturated carbocycles. The van der Waals surface area contributed by atoms with Crippen LogP contribution in [0.5, 0.6) is 0 Å². The van der Waals surface area contributed by atoms with Gasteiger partial charge in [-0.1, -0.05) is 6.07 Å². The molecule has 0 aliphatic heterocycles. The van der Waals surface area contributed by atoms with Gasteiger partial charge in [-0.25, -0.2) is 9.97 Å². The summed E-state index contributed by atoms with van der Waals surface area (Å²) in [4.78, 5) is 8.91. The number of pyridine rings is 1. The molecular weight excluding hydrogens is 220 g/mol. The quantitative estimate of drug-likeness (QED) is 0.731. The van der Waals surface area contributed by atoms with Crippen LogP contribution < -0.4 is 5.73 Å². The SMILES string of the molecule is NCc1csc(-c2cn3ccccc3n2)n1. The zero-order valence-electron chi connectivity index (χ0n) is 8.50. The van der Waals surface area contributed by atoms with E-state index in [1.807, 2.05) is 40.4 Å². The van der Waals surface area contributed by atoms with E-state index < -0.39 is 0 Å². The highest BCUT2D eigenvalue weighted by Crippen LogP contribution is 2.22. The van der Waals surface area contributed by atoms with Crippen molar-refractivity contribution in [3.05, 3.63) is 41.7 Å². The summed E-state index contributed by atoms with van der Waals surface area (Å²) in [6.07, 6.45) is 3.96. The molecule has 2 N–H and O–H groups in total. The summed E-state index contributed by atoms with van der Waals surface area (Å²) in [5.41, 5.74) is 8.28. The summed E-state index contributed by atoms with van der Waals surface area (Å²) in [5, 5.41) is 2.89. The third-order valence-corrected chi connectivity index (χ3v) is 3.26. The van der Waals surface area contributed by atoms with Crippen LogP contribution in [0.3, 0.4) is 0 Å². The topological polar surface area (TPSA) is 56.2 Å². The molecule has 0 aliphatic carbocycles. The third kappa shape index (κ3) is 1.50. The van der Waals surface area contributed by atoms with E-state index in [4.69, 9.17) is 5.73 Å². The molecule has 0 aromatic carbocycles. The Labute approximate surface area is 96.4 Å². The van der Waals surface area contributed by atoms with E-state index in [-0.39, 0.29) is 0 Å². The highest BCUT2D eigenvalue weighted by Gasteiger charge is 2.07. The maximum Gasteiger partial charge on any atom is 0.143 e. The second-order valence-electron chi connectivity index (χ2n) is 3.44. The minimum absolute atomic E-state index is 0.476. The molecule has 3 heterocycles. The molecule has 4 nitrogen and oxygen atoms in total. The lowest BCUT2D eigenvalue weighted by atomic mass is 10.5. The van der Waals surface area contributed by atoms with Crippen LogP contribution in [-0.4, -0.2) is 14.4 Å². The van der Waals surface area contributed by atoms with E-state index in [2.05, 4.69) is 9.97 Å². The highest BCUT2D eigenvalue weighted by molar-refractivity contribution is 7.13. The molecular formula is C11H10N4S. The van der Waals surface area contributed by atoms with Crippen molar-refractivity contribution in [2.75, 3.05) is 0 Å². The number of fused-ring (bicyclic) bond motifs is 1. The fourth-order valence-electron chi connectivity index (χ4n) is 1.56. The molecule has 0 atom stereocenters. The Kier molecular flexibility index (Phi) is 2.19. The van der Waals surface area contributed by atoms with Gasteiger partial charge in [-0.2, -0.15) is 0 Å². The molecule has 3 aromatic heterocycles. The van der Waals surface area contributed by atoms with Gasteiger partial charge in [0.15, 0.2) is 0 Å². The Balaban J connectivity index is 2.11. The second kappa shape index (κ2) is 3.70. The molecule has 0 unspecified atom stereocenters. The van der Waals surface area contributed by atoms with E-state index in [0.29, 0.717) is 6.54 Å². The molecule has 3 aromatic rings. The number of imidazole rings is 1. The summed E-state index contributed by atoms with van der Waals surface area (Å²) < 4.78 is 1.98. The molecule has 0 bridgehead atoms. The molecule has 0 radical (unpaired) electrons. The maximum absolute atomic E-state index is 5.53.